The third-order valence-corrected chi connectivity index (χ3v) is 4.44. The molecule has 0 amide bonds. The highest BCUT2D eigenvalue weighted by molar-refractivity contribution is 7.15. The molecule has 0 saturated heterocycles. The summed E-state index contributed by atoms with van der Waals surface area (Å²) in [7, 11) is 0. The van der Waals surface area contributed by atoms with Crippen LogP contribution in [0.3, 0.4) is 0 Å². The number of thiazole rings is 1. The molecule has 2 nitrogen and oxygen atoms in total. The van der Waals surface area contributed by atoms with Gasteiger partial charge in [0.2, 0.25) is 5.88 Å². The summed E-state index contributed by atoms with van der Waals surface area (Å²) in [6.07, 6.45) is 0. The topological polar surface area (TPSA) is 22.1 Å². The Morgan fingerprint density at radius 2 is 1.74 bits per heavy atom. The smallest absolute Gasteiger partial charge is 0.228 e. The molecule has 0 aliphatic carbocycles. The van der Waals surface area contributed by atoms with Gasteiger partial charge >= 0.3 is 0 Å². The molecule has 23 heavy (non-hydrogen) atoms. The van der Waals surface area contributed by atoms with Crippen LogP contribution >= 0.6 is 22.9 Å². The fraction of sp³-hybridized carbons (Fsp3) is 0.118. The molecular weight excluding hydrogens is 340 g/mol. The van der Waals surface area contributed by atoms with E-state index in [1.165, 1.54) is 29.5 Å². The Morgan fingerprint density at radius 3 is 2.39 bits per heavy atom. The lowest BCUT2D eigenvalue weighted by atomic mass is 10.2. The molecule has 0 aliphatic heterocycles. The van der Waals surface area contributed by atoms with Crippen LogP contribution in [-0.2, 0) is 6.61 Å². The molecule has 0 fully saturated rings. The molecule has 0 atom stereocenters. The standard InChI is InChI=1S/C17H12ClF2NOS/c1-10-16(22-9-11-5-7-12(18)8-6-11)21-17(23-10)15-13(19)3-2-4-14(15)20/h2-8H,9H2,1H3. The third-order valence-electron chi connectivity index (χ3n) is 3.22. The van der Waals surface area contributed by atoms with Gasteiger partial charge in [0.05, 0.1) is 10.4 Å². The van der Waals surface area contributed by atoms with E-state index in [0.717, 1.165) is 10.4 Å². The van der Waals surface area contributed by atoms with Gasteiger partial charge in [0.25, 0.3) is 0 Å². The molecule has 0 spiro atoms. The van der Waals surface area contributed by atoms with Crippen LogP contribution in [0.25, 0.3) is 10.6 Å². The van der Waals surface area contributed by atoms with Crippen molar-refractivity contribution < 1.29 is 13.5 Å². The summed E-state index contributed by atoms with van der Waals surface area (Å²) >= 11 is 7.03. The van der Waals surface area contributed by atoms with Crippen LogP contribution in [0.5, 0.6) is 5.88 Å². The van der Waals surface area contributed by atoms with Gasteiger partial charge in [0.1, 0.15) is 23.2 Å². The van der Waals surface area contributed by atoms with E-state index in [1.54, 1.807) is 19.1 Å². The van der Waals surface area contributed by atoms with Gasteiger partial charge in [-0.05, 0) is 36.8 Å². The number of ether oxygens (including phenoxy) is 1. The van der Waals surface area contributed by atoms with Crippen LogP contribution in [-0.4, -0.2) is 4.98 Å². The van der Waals surface area contributed by atoms with Gasteiger partial charge in [-0.3, -0.25) is 0 Å². The van der Waals surface area contributed by atoms with E-state index >= 15 is 0 Å². The molecule has 0 aliphatic rings. The van der Waals surface area contributed by atoms with Crippen LogP contribution in [0, 0.1) is 18.6 Å². The molecule has 1 aromatic heterocycles. The first kappa shape index (κ1) is 15.9. The van der Waals surface area contributed by atoms with Gasteiger partial charge < -0.3 is 4.74 Å². The van der Waals surface area contributed by atoms with Crippen molar-refractivity contribution in [3.63, 3.8) is 0 Å². The predicted octanol–water partition coefficient (Wildman–Crippen LogP) is 5.63. The first-order valence-electron chi connectivity index (χ1n) is 6.83. The van der Waals surface area contributed by atoms with Crippen molar-refractivity contribution in [3.05, 3.63) is 69.6 Å². The highest BCUT2D eigenvalue weighted by atomic mass is 35.5. The minimum absolute atomic E-state index is 0.123. The zero-order chi connectivity index (χ0) is 16.4. The van der Waals surface area contributed by atoms with Crippen molar-refractivity contribution in [3.8, 4) is 16.5 Å². The summed E-state index contributed by atoms with van der Waals surface area (Å²) in [5.41, 5.74) is 0.808. The maximum Gasteiger partial charge on any atom is 0.228 e. The Bertz CT molecular complexity index is 813. The SMILES string of the molecule is Cc1sc(-c2c(F)cccc2F)nc1OCc1ccc(Cl)cc1. The third kappa shape index (κ3) is 3.51. The number of rotatable bonds is 4. The highest BCUT2D eigenvalue weighted by Crippen LogP contribution is 2.34. The molecule has 1 heterocycles. The Kier molecular flexibility index (Phi) is 4.59. The molecule has 0 radical (unpaired) electrons. The van der Waals surface area contributed by atoms with Crippen LogP contribution in [0.4, 0.5) is 8.78 Å². The number of aryl methyl sites for hydroxylation is 1. The van der Waals surface area contributed by atoms with Gasteiger partial charge in [0.15, 0.2) is 0 Å². The van der Waals surface area contributed by atoms with E-state index < -0.39 is 11.6 Å². The first-order chi connectivity index (χ1) is 11.0. The summed E-state index contributed by atoms with van der Waals surface area (Å²) < 4.78 is 33.3. The van der Waals surface area contributed by atoms with Gasteiger partial charge in [-0.1, -0.05) is 29.8 Å². The Balaban J connectivity index is 1.82. The van der Waals surface area contributed by atoms with E-state index in [2.05, 4.69) is 4.98 Å². The zero-order valence-electron chi connectivity index (χ0n) is 12.1. The Hall–Kier alpha value is -1.98. The lowest BCUT2D eigenvalue weighted by Crippen LogP contribution is -1.96. The normalized spacial score (nSPS) is 10.8. The summed E-state index contributed by atoms with van der Waals surface area (Å²) in [6.45, 7) is 2.11. The molecule has 0 N–H and O–H groups in total. The van der Waals surface area contributed by atoms with Gasteiger partial charge in [-0.2, -0.15) is 0 Å². The number of aromatic nitrogens is 1. The van der Waals surface area contributed by atoms with E-state index in [1.807, 2.05) is 12.1 Å². The van der Waals surface area contributed by atoms with Crippen molar-refractivity contribution in [2.45, 2.75) is 13.5 Å². The first-order valence-corrected chi connectivity index (χ1v) is 8.03. The molecule has 3 rings (SSSR count). The monoisotopic (exact) mass is 351 g/mol. The number of hydrogen-bond donors (Lipinski definition) is 0. The molecular formula is C17H12ClF2NOS. The second kappa shape index (κ2) is 6.64. The van der Waals surface area contributed by atoms with Crippen molar-refractivity contribution in [1.82, 2.24) is 4.98 Å². The van der Waals surface area contributed by atoms with E-state index in [9.17, 15) is 8.78 Å². The maximum absolute atomic E-state index is 13.8. The maximum atomic E-state index is 13.8. The van der Waals surface area contributed by atoms with Crippen molar-refractivity contribution >= 4 is 22.9 Å². The quantitative estimate of drug-likeness (QED) is 0.607. The van der Waals surface area contributed by atoms with Crippen LogP contribution in [0.2, 0.25) is 5.02 Å². The molecule has 118 valence electrons. The lowest BCUT2D eigenvalue weighted by Gasteiger charge is -2.04. The number of benzene rings is 2. The molecule has 0 saturated carbocycles. The molecule has 0 bridgehead atoms. The van der Waals surface area contributed by atoms with E-state index in [4.69, 9.17) is 16.3 Å². The fourth-order valence-electron chi connectivity index (χ4n) is 2.06. The van der Waals surface area contributed by atoms with Crippen molar-refractivity contribution in [2.24, 2.45) is 0 Å². The Morgan fingerprint density at radius 1 is 1.09 bits per heavy atom. The largest absolute Gasteiger partial charge is 0.472 e. The molecule has 2 aromatic carbocycles. The Labute approximate surface area is 141 Å². The predicted molar refractivity (Wildman–Crippen MR) is 88.0 cm³/mol. The summed E-state index contributed by atoms with van der Waals surface area (Å²) in [4.78, 5) is 4.99. The van der Waals surface area contributed by atoms with Gasteiger partial charge in [-0.15, -0.1) is 11.3 Å². The van der Waals surface area contributed by atoms with Crippen molar-refractivity contribution in [1.29, 1.82) is 0 Å². The van der Waals surface area contributed by atoms with Crippen molar-refractivity contribution in [2.75, 3.05) is 0 Å². The average Bonchev–Trinajstić information content (AvgIpc) is 2.87. The summed E-state index contributed by atoms with van der Waals surface area (Å²) in [6, 6.07) is 11.0. The minimum Gasteiger partial charge on any atom is -0.472 e. The molecule has 6 heteroatoms. The highest BCUT2D eigenvalue weighted by Gasteiger charge is 2.17. The molecule has 3 aromatic rings. The van der Waals surface area contributed by atoms with Gasteiger partial charge in [-0.25, -0.2) is 13.8 Å². The zero-order valence-corrected chi connectivity index (χ0v) is 13.7. The fourth-order valence-corrected chi connectivity index (χ4v) is 3.09. The van der Waals surface area contributed by atoms with Gasteiger partial charge in [0, 0.05) is 5.02 Å². The second-order valence-electron chi connectivity index (χ2n) is 4.89. The number of halogens is 3. The van der Waals surface area contributed by atoms with Crippen LogP contribution in [0.15, 0.2) is 42.5 Å². The summed E-state index contributed by atoms with van der Waals surface area (Å²) in [5, 5.41) is 0.917. The van der Waals surface area contributed by atoms with Crippen LogP contribution in [0.1, 0.15) is 10.4 Å². The minimum atomic E-state index is -0.636. The number of hydrogen-bond acceptors (Lipinski definition) is 3. The number of nitrogens with zero attached hydrogens (tertiary/aromatic N) is 1. The van der Waals surface area contributed by atoms with Crippen LogP contribution < -0.4 is 4.74 Å². The lowest BCUT2D eigenvalue weighted by molar-refractivity contribution is 0.294. The summed E-state index contributed by atoms with van der Waals surface area (Å²) in [5.74, 6) is -0.895. The molecule has 0 unspecified atom stereocenters. The van der Waals surface area contributed by atoms with E-state index in [0.29, 0.717) is 17.5 Å². The second-order valence-corrected chi connectivity index (χ2v) is 6.53. The van der Waals surface area contributed by atoms with E-state index in [-0.39, 0.29) is 10.6 Å². The average molecular weight is 352 g/mol.